The van der Waals surface area contributed by atoms with Crippen LogP contribution in [0.5, 0.6) is 0 Å². The molecule has 4 aromatic carbocycles. The molecule has 2 heteroatoms. The summed E-state index contributed by atoms with van der Waals surface area (Å²) in [5.41, 5.74) is 15.7. The molecule has 0 N–H and O–H groups in total. The third-order valence-corrected chi connectivity index (χ3v) is 9.38. The number of fused-ring (bicyclic) bond motifs is 10. The molecule has 2 nitrogen and oxygen atoms in total. The highest BCUT2D eigenvalue weighted by atomic mass is 14.6. The van der Waals surface area contributed by atoms with Gasteiger partial charge in [-0.05, 0) is 102 Å². The minimum atomic E-state index is -0.150. The number of rotatable bonds is 2. The molecule has 6 aromatic rings. The fraction of sp³-hybridized carbons (Fsp3) is 0.158. The van der Waals surface area contributed by atoms with Crippen LogP contribution in [0.3, 0.4) is 0 Å². The van der Waals surface area contributed by atoms with E-state index in [0.29, 0.717) is 0 Å². The highest BCUT2D eigenvalue weighted by Crippen LogP contribution is 2.62. The van der Waals surface area contributed by atoms with Crippen molar-refractivity contribution in [3.05, 3.63) is 132 Å². The standard InChI is InChI=1S/C38H30N2/c1-37(2)31-19-23(25-9-7-17-39-21-25)13-15-29(31)33-27-11-5-6-12-28(27)34-30-16-14-24(26-10-8-18-40-22-26)20-32(30)38(3,4)36(34)35(33)37/h5-22H,1-4H3. The third-order valence-electron chi connectivity index (χ3n) is 9.38. The average Bonchev–Trinajstić information content (AvgIpc) is 3.37. The largest absolute Gasteiger partial charge is 0.264 e. The summed E-state index contributed by atoms with van der Waals surface area (Å²) < 4.78 is 0. The van der Waals surface area contributed by atoms with Crippen molar-refractivity contribution < 1.29 is 0 Å². The van der Waals surface area contributed by atoms with Crippen LogP contribution in [0.15, 0.2) is 110 Å². The topological polar surface area (TPSA) is 25.8 Å². The predicted octanol–water partition coefficient (Wildman–Crippen LogP) is 9.58. The van der Waals surface area contributed by atoms with E-state index in [0.717, 1.165) is 11.1 Å². The van der Waals surface area contributed by atoms with E-state index in [4.69, 9.17) is 0 Å². The van der Waals surface area contributed by atoms with E-state index in [1.54, 1.807) is 0 Å². The van der Waals surface area contributed by atoms with Gasteiger partial charge in [-0.25, -0.2) is 0 Å². The maximum Gasteiger partial charge on any atom is 0.0346 e. The molecule has 2 aromatic heterocycles. The van der Waals surface area contributed by atoms with Crippen LogP contribution in [0.25, 0.3) is 55.3 Å². The van der Waals surface area contributed by atoms with E-state index >= 15 is 0 Å². The first-order valence-electron chi connectivity index (χ1n) is 14.1. The summed E-state index contributed by atoms with van der Waals surface area (Å²) in [6, 6.07) is 31.4. The van der Waals surface area contributed by atoms with Gasteiger partial charge in [0.15, 0.2) is 0 Å². The molecular formula is C38H30N2. The van der Waals surface area contributed by atoms with Crippen molar-refractivity contribution in [3.8, 4) is 44.5 Å². The van der Waals surface area contributed by atoms with Crippen molar-refractivity contribution in [3.63, 3.8) is 0 Å². The molecule has 0 aliphatic heterocycles. The Morgan fingerprint density at radius 1 is 0.475 bits per heavy atom. The molecule has 2 heterocycles. The molecule has 0 saturated heterocycles. The minimum Gasteiger partial charge on any atom is -0.264 e. The second kappa shape index (κ2) is 7.99. The van der Waals surface area contributed by atoms with Crippen molar-refractivity contribution in [1.29, 1.82) is 0 Å². The fourth-order valence-corrected chi connectivity index (χ4v) is 7.50. The summed E-state index contributed by atoms with van der Waals surface area (Å²) in [7, 11) is 0. The van der Waals surface area contributed by atoms with Crippen LogP contribution in [0.4, 0.5) is 0 Å². The molecule has 192 valence electrons. The summed E-state index contributed by atoms with van der Waals surface area (Å²) in [6.07, 6.45) is 7.60. The Labute approximate surface area is 235 Å². The lowest BCUT2D eigenvalue weighted by Gasteiger charge is -2.31. The van der Waals surface area contributed by atoms with E-state index in [2.05, 4.69) is 110 Å². The maximum atomic E-state index is 4.39. The van der Waals surface area contributed by atoms with E-state index < -0.39 is 0 Å². The first-order valence-corrected chi connectivity index (χ1v) is 14.1. The van der Waals surface area contributed by atoms with Crippen molar-refractivity contribution in [2.45, 2.75) is 38.5 Å². The van der Waals surface area contributed by atoms with E-state index in [1.807, 2.05) is 36.9 Å². The molecule has 0 spiro atoms. The number of aromatic nitrogens is 2. The normalized spacial score (nSPS) is 15.4. The summed E-state index contributed by atoms with van der Waals surface area (Å²) in [5, 5.41) is 2.69. The molecule has 0 unspecified atom stereocenters. The second-order valence-corrected chi connectivity index (χ2v) is 12.3. The molecule has 40 heavy (non-hydrogen) atoms. The molecule has 2 aliphatic carbocycles. The predicted molar refractivity (Wildman–Crippen MR) is 166 cm³/mol. The van der Waals surface area contributed by atoms with Gasteiger partial charge in [0, 0.05) is 35.6 Å². The molecule has 0 saturated carbocycles. The van der Waals surface area contributed by atoms with Gasteiger partial charge in [0.25, 0.3) is 0 Å². The van der Waals surface area contributed by atoms with E-state index in [1.165, 1.54) is 66.4 Å². The SMILES string of the molecule is CC1(C)c2cc(-c3cccnc3)ccc2-c2c1c1c(c3ccccc23)-c2ccc(-c3cccnc3)cc2C1(C)C. The fourth-order valence-electron chi connectivity index (χ4n) is 7.50. The molecule has 2 aliphatic rings. The van der Waals surface area contributed by atoms with Gasteiger partial charge < -0.3 is 0 Å². The van der Waals surface area contributed by atoms with Gasteiger partial charge in [-0.15, -0.1) is 0 Å². The molecule has 0 amide bonds. The maximum absolute atomic E-state index is 4.39. The zero-order chi connectivity index (χ0) is 27.2. The zero-order valence-corrected chi connectivity index (χ0v) is 23.3. The van der Waals surface area contributed by atoms with E-state index in [-0.39, 0.29) is 10.8 Å². The third kappa shape index (κ3) is 2.99. The summed E-state index contributed by atoms with van der Waals surface area (Å²) in [6.45, 7) is 9.67. The summed E-state index contributed by atoms with van der Waals surface area (Å²) in [4.78, 5) is 8.77. The van der Waals surface area contributed by atoms with Crippen LogP contribution in [0.1, 0.15) is 49.9 Å². The highest BCUT2D eigenvalue weighted by Gasteiger charge is 2.47. The van der Waals surface area contributed by atoms with Crippen molar-refractivity contribution in [2.24, 2.45) is 0 Å². The Morgan fingerprint density at radius 3 is 1.32 bits per heavy atom. The Bertz CT molecular complexity index is 1840. The molecular weight excluding hydrogens is 484 g/mol. The monoisotopic (exact) mass is 514 g/mol. The number of benzene rings is 4. The first-order chi connectivity index (χ1) is 19.4. The van der Waals surface area contributed by atoms with Crippen LogP contribution in [-0.4, -0.2) is 9.97 Å². The Balaban J connectivity index is 1.43. The van der Waals surface area contributed by atoms with Crippen LogP contribution in [-0.2, 0) is 10.8 Å². The zero-order valence-electron chi connectivity index (χ0n) is 23.3. The van der Waals surface area contributed by atoms with Crippen LogP contribution < -0.4 is 0 Å². The van der Waals surface area contributed by atoms with Gasteiger partial charge in [0.2, 0.25) is 0 Å². The Morgan fingerprint density at radius 2 is 0.925 bits per heavy atom. The lowest BCUT2D eigenvalue weighted by atomic mass is 9.71. The summed E-state index contributed by atoms with van der Waals surface area (Å²) >= 11 is 0. The van der Waals surface area contributed by atoms with Gasteiger partial charge in [-0.2, -0.15) is 0 Å². The van der Waals surface area contributed by atoms with Gasteiger partial charge in [0.1, 0.15) is 0 Å². The lowest BCUT2D eigenvalue weighted by Crippen LogP contribution is -2.24. The molecule has 8 rings (SSSR count). The lowest BCUT2D eigenvalue weighted by molar-refractivity contribution is 0.602. The first kappa shape index (κ1) is 23.3. The molecule has 0 atom stereocenters. The second-order valence-electron chi connectivity index (χ2n) is 12.3. The number of hydrogen-bond acceptors (Lipinski definition) is 2. The average molecular weight is 515 g/mol. The molecule has 0 fully saturated rings. The number of nitrogens with zero attached hydrogens (tertiary/aromatic N) is 2. The van der Waals surface area contributed by atoms with E-state index in [9.17, 15) is 0 Å². The number of hydrogen-bond donors (Lipinski definition) is 0. The summed E-state index contributed by atoms with van der Waals surface area (Å²) in [5.74, 6) is 0. The Kier molecular flexibility index (Phi) is 4.66. The van der Waals surface area contributed by atoms with Gasteiger partial charge in [0.05, 0.1) is 0 Å². The Hall–Kier alpha value is -4.56. The van der Waals surface area contributed by atoms with Gasteiger partial charge in [-0.3, -0.25) is 9.97 Å². The van der Waals surface area contributed by atoms with Gasteiger partial charge in [-0.1, -0.05) is 88.4 Å². The number of pyridine rings is 2. The molecule has 0 radical (unpaired) electrons. The highest BCUT2D eigenvalue weighted by molar-refractivity contribution is 6.13. The minimum absolute atomic E-state index is 0.150. The van der Waals surface area contributed by atoms with Crippen LogP contribution in [0, 0.1) is 0 Å². The van der Waals surface area contributed by atoms with Crippen molar-refractivity contribution in [2.75, 3.05) is 0 Å². The van der Waals surface area contributed by atoms with Crippen LogP contribution >= 0.6 is 0 Å². The smallest absolute Gasteiger partial charge is 0.0346 e. The van der Waals surface area contributed by atoms with Gasteiger partial charge >= 0.3 is 0 Å². The van der Waals surface area contributed by atoms with Crippen LogP contribution in [0.2, 0.25) is 0 Å². The van der Waals surface area contributed by atoms with Crippen molar-refractivity contribution in [1.82, 2.24) is 9.97 Å². The quantitative estimate of drug-likeness (QED) is 0.230. The van der Waals surface area contributed by atoms with Crippen molar-refractivity contribution >= 4 is 10.8 Å². The molecule has 0 bridgehead atoms.